The number of rotatable bonds is 4. The number of thioether (sulfide) groups is 1. The van der Waals surface area contributed by atoms with Crippen LogP contribution in [0.3, 0.4) is 0 Å². The van der Waals surface area contributed by atoms with E-state index >= 15 is 0 Å². The molecule has 2 aromatic heterocycles. The zero-order chi connectivity index (χ0) is 15.7. The van der Waals surface area contributed by atoms with E-state index in [0.29, 0.717) is 0 Å². The van der Waals surface area contributed by atoms with E-state index in [1.165, 1.54) is 22.6 Å². The molecule has 22 heavy (non-hydrogen) atoms. The molecule has 0 aliphatic heterocycles. The molecule has 0 aliphatic rings. The van der Waals surface area contributed by atoms with Crippen molar-refractivity contribution in [3.8, 4) is 11.4 Å². The lowest BCUT2D eigenvalue weighted by Gasteiger charge is -2.04. The Labute approximate surface area is 137 Å². The average molecular weight is 333 g/mol. The highest BCUT2D eigenvalue weighted by Gasteiger charge is 2.15. The van der Waals surface area contributed by atoms with Gasteiger partial charge in [0.15, 0.2) is 11.0 Å². The zero-order valence-corrected chi connectivity index (χ0v) is 14.3. The van der Waals surface area contributed by atoms with Gasteiger partial charge in [0.05, 0.1) is 0 Å². The molecule has 0 spiro atoms. The number of thiophene rings is 1. The van der Waals surface area contributed by atoms with E-state index in [4.69, 9.17) is 0 Å². The summed E-state index contributed by atoms with van der Waals surface area (Å²) >= 11 is 3.34. The van der Waals surface area contributed by atoms with Gasteiger partial charge in [-0.2, -0.15) is 0 Å². The van der Waals surface area contributed by atoms with E-state index in [1.807, 2.05) is 11.6 Å². The minimum Gasteiger partial charge on any atom is -0.305 e. The lowest BCUT2D eigenvalue weighted by molar-refractivity contribution is 0.627. The second-order valence-corrected chi connectivity index (χ2v) is 7.14. The van der Waals surface area contributed by atoms with Crippen molar-refractivity contribution in [2.24, 2.45) is 7.05 Å². The lowest BCUT2D eigenvalue weighted by atomic mass is 10.2. The fourth-order valence-corrected chi connectivity index (χ4v) is 3.87. The van der Waals surface area contributed by atoms with Crippen molar-refractivity contribution in [3.05, 3.63) is 51.5 Å². The van der Waals surface area contributed by atoms with Crippen LogP contribution in [0.5, 0.6) is 0 Å². The third kappa shape index (κ3) is 2.94. The van der Waals surface area contributed by atoms with Crippen LogP contribution in [0.25, 0.3) is 11.4 Å². The molecule has 0 bridgehead atoms. The maximum absolute atomic E-state index is 12.9. The summed E-state index contributed by atoms with van der Waals surface area (Å²) in [5.74, 6) is 1.43. The molecule has 0 fully saturated rings. The predicted molar refractivity (Wildman–Crippen MR) is 89.8 cm³/mol. The molecule has 0 radical (unpaired) electrons. The van der Waals surface area contributed by atoms with Crippen molar-refractivity contribution in [2.75, 3.05) is 0 Å². The predicted octanol–water partition coefficient (Wildman–Crippen LogP) is 4.59. The minimum absolute atomic E-state index is 0.210. The molecule has 0 aliphatic carbocycles. The lowest BCUT2D eigenvalue weighted by Crippen LogP contribution is -1.95. The van der Waals surface area contributed by atoms with Gasteiger partial charge in [-0.05, 0) is 37.1 Å². The highest BCUT2D eigenvalue weighted by atomic mass is 32.2. The van der Waals surface area contributed by atoms with Crippen LogP contribution in [0.1, 0.15) is 16.0 Å². The maximum atomic E-state index is 12.9. The highest BCUT2D eigenvalue weighted by Crippen LogP contribution is 2.31. The number of hydrogen-bond acceptors (Lipinski definition) is 4. The zero-order valence-electron chi connectivity index (χ0n) is 12.6. The van der Waals surface area contributed by atoms with Gasteiger partial charge in [-0.3, -0.25) is 0 Å². The number of aromatic nitrogens is 3. The summed E-state index contributed by atoms with van der Waals surface area (Å²) in [6.07, 6.45) is 0. The van der Waals surface area contributed by atoms with E-state index in [0.717, 1.165) is 27.9 Å². The molecule has 2 heterocycles. The molecule has 0 unspecified atom stereocenters. The van der Waals surface area contributed by atoms with Crippen molar-refractivity contribution < 1.29 is 4.39 Å². The van der Waals surface area contributed by atoms with Crippen LogP contribution in [0, 0.1) is 19.7 Å². The summed E-state index contributed by atoms with van der Waals surface area (Å²) in [5, 5.41) is 11.6. The highest BCUT2D eigenvalue weighted by molar-refractivity contribution is 7.98. The van der Waals surface area contributed by atoms with Gasteiger partial charge in [-0.15, -0.1) is 21.5 Å². The quantitative estimate of drug-likeness (QED) is 0.654. The van der Waals surface area contributed by atoms with Gasteiger partial charge >= 0.3 is 0 Å². The standard InChI is InChI=1S/C16H16FN3S2/c1-10-11(2)21-9-14(10)15-18-19-16(20(15)3)22-8-12-4-6-13(17)7-5-12/h4-7,9H,8H2,1-3H3. The molecule has 0 amide bonds. The maximum Gasteiger partial charge on any atom is 0.191 e. The Morgan fingerprint density at radius 3 is 2.55 bits per heavy atom. The van der Waals surface area contributed by atoms with Crippen LogP contribution in [0.15, 0.2) is 34.8 Å². The molecule has 114 valence electrons. The number of hydrogen-bond donors (Lipinski definition) is 0. The molecule has 0 atom stereocenters. The first-order chi connectivity index (χ1) is 10.6. The first-order valence-corrected chi connectivity index (χ1v) is 8.74. The van der Waals surface area contributed by atoms with E-state index in [2.05, 4.69) is 29.4 Å². The Kier molecular flexibility index (Phi) is 4.31. The van der Waals surface area contributed by atoms with E-state index in [9.17, 15) is 4.39 Å². The normalized spacial score (nSPS) is 11.1. The second kappa shape index (κ2) is 6.22. The van der Waals surface area contributed by atoms with Gasteiger partial charge in [-0.25, -0.2) is 4.39 Å². The fraction of sp³-hybridized carbons (Fsp3) is 0.250. The molecule has 0 saturated carbocycles. The first kappa shape index (κ1) is 15.2. The van der Waals surface area contributed by atoms with Crippen LogP contribution in [-0.4, -0.2) is 14.8 Å². The molecular formula is C16H16FN3S2. The van der Waals surface area contributed by atoms with Gasteiger partial charge in [0.25, 0.3) is 0 Å². The average Bonchev–Trinajstić information content (AvgIpc) is 3.03. The Bertz CT molecular complexity index is 790. The molecule has 3 rings (SSSR count). The van der Waals surface area contributed by atoms with Gasteiger partial charge < -0.3 is 4.57 Å². The number of aryl methyl sites for hydroxylation is 1. The second-order valence-electron chi connectivity index (χ2n) is 5.11. The van der Waals surface area contributed by atoms with Crippen molar-refractivity contribution >= 4 is 23.1 Å². The number of halogens is 1. The van der Waals surface area contributed by atoms with Gasteiger partial charge in [-0.1, -0.05) is 23.9 Å². The first-order valence-electron chi connectivity index (χ1n) is 6.88. The van der Waals surface area contributed by atoms with Crippen LogP contribution >= 0.6 is 23.1 Å². The van der Waals surface area contributed by atoms with Crippen LogP contribution in [0.4, 0.5) is 4.39 Å². The van der Waals surface area contributed by atoms with Gasteiger partial charge in [0.2, 0.25) is 0 Å². The molecule has 3 aromatic rings. The summed E-state index contributed by atoms with van der Waals surface area (Å²) in [6, 6.07) is 6.56. The van der Waals surface area contributed by atoms with Gasteiger partial charge in [0.1, 0.15) is 5.82 Å². The van der Waals surface area contributed by atoms with Gasteiger partial charge in [0, 0.05) is 28.6 Å². The monoisotopic (exact) mass is 333 g/mol. The van der Waals surface area contributed by atoms with E-state index in [1.54, 1.807) is 35.2 Å². The molecular weight excluding hydrogens is 317 g/mol. The SMILES string of the molecule is Cc1scc(-c2nnc(SCc3ccc(F)cc3)n2C)c1C. The Balaban J connectivity index is 1.79. The third-order valence-electron chi connectivity index (χ3n) is 3.64. The van der Waals surface area contributed by atoms with Crippen molar-refractivity contribution in [1.29, 1.82) is 0 Å². The summed E-state index contributed by atoms with van der Waals surface area (Å²) in [7, 11) is 1.98. The molecule has 3 nitrogen and oxygen atoms in total. The van der Waals surface area contributed by atoms with Crippen molar-refractivity contribution in [1.82, 2.24) is 14.8 Å². The number of nitrogens with zero attached hydrogens (tertiary/aromatic N) is 3. The smallest absolute Gasteiger partial charge is 0.191 e. The van der Waals surface area contributed by atoms with Crippen LogP contribution in [-0.2, 0) is 12.8 Å². The Morgan fingerprint density at radius 1 is 1.18 bits per heavy atom. The Hall–Kier alpha value is -1.66. The third-order valence-corrected chi connectivity index (χ3v) is 5.75. The number of benzene rings is 1. The fourth-order valence-electron chi connectivity index (χ4n) is 2.14. The Morgan fingerprint density at radius 2 is 1.91 bits per heavy atom. The van der Waals surface area contributed by atoms with Crippen molar-refractivity contribution in [2.45, 2.75) is 24.8 Å². The largest absolute Gasteiger partial charge is 0.305 e. The van der Waals surface area contributed by atoms with Crippen LogP contribution < -0.4 is 0 Å². The molecule has 6 heteroatoms. The summed E-state index contributed by atoms with van der Waals surface area (Å²) in [4.78, 5) is 1.30. The minimum atomic E-state index is -0.210. The molecule has 0 N–H and O–H groups in total. The topological polar surface area (TPSA) is 30.7 Å². The summed E-state index contributed by atoms with van der Waals surface area (Å²) < 4.78 is 14.9. The van der Waals surface area contributed by atoms with E-state index in [-0.39, 0.29) is 5.82 Å². The van der Waals surface area contributed by atoms with Crippen molar-refractivity contribution in [3.63, 3.8) is 0 Å². The molecule has 1 aromatic carbocycles. The summed E-state index contributed by atoms with van der Waals surface area (Å²) in [6.45, 7) is 4.23. The van der Waals surface area contributed by atoms with E-state index < -0.39 is 0 Å². The molecule has 0 saturated heterocycles. The van der Waals surface area contributed by atoms with Crippen LogP contribution in [0.2, 0.25) is 0 Å². The summed E-state index contributed by atoms with van der Waals surface area (Å²) in [5.41, 5.74) is 3.47.